The number of aliphatic hydroxyl groups is 1. The predicted molar refractivity (Wildman–Crippen MR) is 226 cm³/mol. The van der Waals surface area contributed by atoms with Crippen LogP contribution in [0.5, 0.6) is 0 Å². The number of nitrogens with one attached hydrogen (secondary N) is 4. The van der Waals surface area contributed by atoms with Gasteiger partial charge in [-0.3, -0.25) is 20.0 Å². The molecule has 0 bridgehead atoms. The second kappa shape index (κ2) is 24.8. The van der Waals surface area contributed by atoms with E-state index >= 15 is 0 Å². The van der Waals surface area contributed by atoms with Crippen LogP contribution in [-0.2, 0) is 46.2 Å². The minimum Gasteiger partial charge on any atom is -0.453 e. The molecule has 5 N–H and O–H groups in total. The van der Waals surface area contributed by atoms with Crippen LogP contribution in [0.25, 0.3) is 11.3 Å². The molecular formula is C44H64N6O10. The lowest BCUT2D eigenvalue weighted by Crippen LogP contribution is -2.61. The number of carbonyl (C=O) groups is 4. The first-order valence-corrected chi connectivity index (χ1v) is 18.9. The van der Waals surface area contributed by atoms with Gasteiger partial charge in [0, 0.05) is 44.2 Å². The molecule has 0 saturated heterocycles. The maximum atomic E-state index is 14.9. The average molecular weight is 851 g/mol. The molecule has 0 radical (unpaired) electrons. The van der Waals surface area contributed by atoms with Crippen molar-refractivity contribution >= 4 is 24.0 Å². The number of methoxy groups -OCH3 is 2. The van der Waals surface area contributed by atoms with Gasteiger partial charge in [0.05, 0.1) is 64.8 Å². The van der Waals surface area contributed by atoms with Gasteiger partial charge in [0.15, 0.2) is 0 Å². The lowest BCUT2D eigenvalue weighted by atomic mass is 9.85. The lowest BCUT2D eigenvalue weighted by Gasteiger charge is -2.35. The Hall–Kier alpha value is -5.13. The number of aromatic nitrogens is 1. The van der Waals surface area contributed by atoms with E-state index in [4.69, 9.17) is 35.4 Å². The van der Waals surface area contributed by atoms with Crippen LogP contribution < -0.4 is 21.4 Å². The second-order valence-corrected chi connectivity index (χ2v) is 14.4. The number of pyridine rings is 1. The van der Waals surface area contributed by atoms with Gasteiger partial charge in [0.1, 0.15) is 18.7 Å². The fourth-order valence-corrected chi connectivity index (χ4v) is 5.46. The molecule has 0 aliphatic rings. The topological polar surface area (TPSA) is 199 Å². The molecule has 2 aromatic carbocycles. The summed E-state index contributed by atoms with van der Waals surface area (Å²) in [5.41, 5.74) is -2.05. The molecule has 0 unspecified atom stereocenters. The minimum absolute atomic E-state index is 0.0147. The summed E-state index contributed by atoms with van der Waals surface area (Å²) in [5, 5.41) is 19.2. The number of alkyl carbamates (subject to hydrolysis) is 2. The number of hydrazine groups is 1. The Labute approximate surface area is 373 Å². The molecule has 0 saturated carbocycles. The van der Waals surface area contributed by atoms with Crippen molar-refractivity contribution in [1.29, 1.82) is 0 Å². The van der Waals surface area contributed by atoms with E-state index in [1.807, 2.05) is 5.32 Å². The predicted octanol–water partition coefficient (Wildman–Crippen LogP) is 4.26. The van der Waals surface area contributed by atoms with Gasteiger partial charge in [0.25, 0.3) is 5.91 Å². The Morgan fingerprint density at radius 3 is 2.02 bits per heavy atom. The lowest BCUT2D eigenvalue weighted by molar-refractivity contribution is -0.132. The Bertz CT molecular complexity index is 2220. The third kappa shape index (κ3) is 17.6. The molecule has 330 valence electrons. The molecule has 16 heteroatoms. The van der Waals surface area contributed by atoms with E-state index in [1.54, 1.807) is 48.5 Å². The minimum atomic E-state index is -4.15. The number of benzene rings is 2. The molecule has 1 aromatic heterocycles. The highest BCUT2D eigenvalue weighted by Gasteiger charge is 2.37. The van der Waals surface area contributed by atoms with E-state index in [2.05, 4.69) is 25.8 Å². The van der Waals surface area contributed by atoms with Crippen molar-refractivity contribution in [3.8, 4) is 11.3 Å². The van der Waals surface area contributed by atoms with Crippen LogP contribution >= 0.6 is 0 Å². The van der Waals surface area contributed by atoms with Gasteiger partial charge in [-0.2, -0.15) is 0 Å². The number of hydrogen-bond acceptors (Lipinski definition) is 12. The molecule has 3 rings (SSSR count). The first-order valence-electron chi connectivity index (χ1n) is 25.9. The van der Waals surface area contributed by atoms with Crippen molar-refractivity contribution in [2.45, 2.75) is 78.5 Å². The zero-order valence-electron chi connectivity index (χ0n) is 48.0. The van der Waals surface area contributed by atoms with Crippen molar-refractivity contribution in [1.82, 2.24) is 31.4 Å². The summed E-state index contributed by atoms with van der Waals surface area (Å²) in [6, 6.07) is 12.5. The van der Waals surface area contributed by atoms with Crippen LogP contribution in [-0.4, -0.2) is 124 Å². The first-order chi connectivity index (χ1) is 34.2. The Morgan fingerprint density at radius 2 is 1.40 bits per heavy atom. The van der Waals surface area contributed by atoms with Crippen LogP contribution in [0, 0.1) is 10.8 Å². The molecule has 60 heavy (non-hydrogen) atoms. The van der Waals surface area contributed by atoms with Crippen molar-refractivity contribution < 1.29 is 67.2 Å². The molecule has 4 atom stereocenters. The van der Waals surface area contributed by atoms with Crippen LogP contribution in [0.3, 0.4) is 0 Å². The van der Waals surface area contributed by atoms with Crippen LogP contribution in [0.2, 0.25) is 0 Å². The third-order valence-electron chi connectivity index (χ3n) is 8.52. The largest absolute Gasteiger partial charge is 0.453 e. The number of amides is 4. The Balaban J connectivity index is 2.21. The molecule has 3 aromatic rings. The molecule has 1 heterocycles. The second-order valence-electron chi connectivity index (χ2n) is 14.4. The SMILES string of the molecule is [2H]C([2H])([2H])OC(=O)N[C@H](C(=O)N[C@@H](Cc1ccccc1)[C@@H](O)CN(NC(=O)[C@@H](NC(=O)OCCOCCOCCOC)C(C([2H])([2H])[2H])(C([2H])([2H])[2H])C([2H])([2H])[2H])C([2H])([2H])c1ccc(-c2ccccn2)cc1)C(C)(C)C. The van der Waals surface area contributed by atoms with Crippen LogP contribution in [0.15, 0.2) is 79.0 Å². The molecule has 4 amide bonds. The Morgan fingerprint density at radius 1 is 0.767 bits per heavy atom. The normalized spacial score (nSPS) is 18.2. The maximum Gasteiger partial charge on any atom is 0.407 e. The standard InChI is InChI=1S/C44H64N6O10/c1-43(2,3)37(47-41(54)57-8)39(52)46-35(28-31-14-10-9-11-15-31)36(51)30-50(29-32-17-19-33(20-18-32)34-16-12-13-21-45-34)49-40(53)38(44(4,5)6)48-42(55)60-27-26-59-25-24-58-23-22-56-7/h9-21,35-38,51H,22-30H2,1-8H3,(H,46,52)(H,47,54)(H,48,55)(H,49,53)/t35-,36-,37+,38+/m0/s1/i4D3,5D3,6D3,8D3,29D2. The van der Waals surface area contributed by atoms with Crippen LogP contribution in [0.4, 0.5) is 9.59 Å². The van der Waals surface area contributed by atoms with Gasteiger partial charge in [-0.25, -0.2) is 14.6 Å². The number of rotatable bonds is 23. The highest BCUT2D eigenvalue weighted by atomic mass is 16.6. The van der Waals surface area contributed by atoms with E-state index in [9.17, 15) is 27.0 Å². The maximum absolute atomic E-state index is 14.9. The van der Waals surface area contributed by atoms with Crippen molar-refractivity contribution in [3.05, 3.63) is 90.1 Å². The van der Waals surface area contributed by atoms with Crippen molar-refractivity contribution in [2.24, 2.45) is 10.8 Å². The number of carbonyl (C=O) groups excluding carboxylic acids is 4. The summed E-state index contributed by atoms with van der Waals surface area (Å²) in [6.45, 7) is -12.1. The summed E-state index contributed by atoms with van der Waals surface area (Å²) >= 11 is 0. The van der Waals surface area contributed by atoms with Crippen LogP contribution in [0.1, 0.15) is 71.6 Å². The van der Waals surface area contributed by atoms with E-state index < -0.39 is 106 Å². The summed E-state index contributed by atoms with van der Waals surface area (Å²) in [4.78, 5) is 59.5. The summed E-state index contributed by atoms with van der Waals surface area (Å²) in [7, 11) is -1.72. The smallest absolute Gasteiger partial charge is 0.407 e. The number of nitrogens with zero attached hydrogens (tertiary/aromatic N) is 2. The molecule has 16 nitrogen and oxygen atoms in total. The van der Waals surface area contributed by atoms with Gasteiger partial charge in [-0.05, 0) is 40.5 Å². The van der Waals surface area contributed by atoms with E-state index in [0.717, 1.165) is 0 Å². The highest BCUT2D eigenvalue weighted by Crippen LogP contribution is 2.23. The van der Waals surface area contributed by atoms with E-state index in [-0.39, 0.29) is 38.4 Å². The molecule has 0 spiro atoms. The zero-order chi connectivity index (χ0) is 55.9. The van der Waals surface area contributed by atoms with Gasteiger partial charge < -0.3 is 44.7 Å². The zero-order valence-corrected chi connectivity index (χ0v) is 34.0. The van der Waals surface area contributed by atoms with Gasteiger partial charge in [-0.15, -0.1) is 0 Å². The van der Waals surface area contributed by atoms with Crippen molar-refractivity contribution in [2.75, 3.05) is 60.3 Å². The molecule has 0 aliphatic carbocycles. The van der Waals surface area contributed by atoms with Crippen molar-refractivity contribution in [3.63, 3.8) is 0 Å². The molecule has 0 fully saturated rings. The molecule has 0 aliphatic heterocycles. The average Bonchev–Trinajstić information content (AvgIpc) is 3.27. The summed E-state index contributed by atoms with van der Waals surface area (Å²) in [5.74, 6) is -2.91. The van der Waals surface area contributed by atoms with E-state index in [0.29, 0.717) is 28.4 Å². The summed E-state index contributed by atoms with van der Waals surface area (Å²) < 4.78 is 141. The fraction of sp³-hybridized carbons (Fsp3) is 0.523. The Kier molecular flexibility index (Phi) is 13.1. The highest BCUT2D eigenvalue weighted by molar-refractivity contribution is 5.87. The number of ether oxygens (including phenoxy) is 5. The third-order valence-corrected chi connectivity index (χ3v) is 8.52. The van der Waals surface area contributed by atoms with E-state index in [1.165, 1.54) is 58.3 Å². The quantitative estimate of drug-likeness (QED) is 0.0673. The van der Waals surface area contributed by atoms with Gasteiger partial charge >= 0.3 is 12.2 Å². The fourth-order valence-electron chi connectivity index (χ4n) is 5.46. The monoisotopic (exact) mass is 851 g/mol. The molecular weight excluding hydrogens is 773 g/mol. The van der Waals surface area contributed by atoms with Gasteiger partial charge in [0.2, 0.25) is 5.91 Å². The summed E-state index contributed by atoms with van der Waals surface area (Å²) in [6.07, 6.45) is -3.89. The number of hydrogen-bond donors (Lipinski definition) is 5. The first kappa shape index (κ1) is 31.7. The van der Waals surface area contributed by atoms with Gasteiger partial charge in [-0.1, -0.05) is 102 Å². The number of aliphatic hydroxyl groups excluding tert-OH is 1.